The molecule has 1 nitrogen and oxygen atoms in total. The Kier molecular flexibility index (Phi) is 5.42. The van der Waals surface area contributed by atoms with E-state index in [1.807, 2.05) is 0 Å². The summed E-state index contributed by atoms with van der Waals surface area (Å²) in [5.41, 5.74) is 2.12. The Labute approximate surface area is 168 Å². The monoisotopic (exact) mass is 382 g/mol. The summed E-state index contributed by atoms with van der Waals surface area (Å²) in [6.45, 7) is 7.27. The zero-order chi connectivity index (χ0) is 19.4. The van der Waals surface area contributed by atoms with Gasteiger partial charge in [0, 0.05) is 6.61 Å². The van der Waals surface area contributed by atoms with Crippen LogP contribution in [0.15, 0.2) is 97.2 Å². The van der Waals surface area contributed by atoms with Crippen molar-refractivity contribution in [3.8, 4) is 0 Å². The third-order valence-corrected chi connectivity index (χ3v) is 9.20. The average Bonchev–Trinajstić information content (AvgIpc) is 2.76. The van der Waals surface area contributed by atoms with Crippen molar-refractivity contribution >= 4 is 40.2 Å². The molecule has 0 heterocycles. The molecule has 0 amide bonds. The second kappa shape index (κ2) is 8.13. The molecule has 0 spiro atoms. The van der Waals surface area contributed by atoms with Gasteiger partial charge in [0.2, 0.25) is 0 Å². The highest BCUT2D eigenvalue weighted by Gasteiger charge is 2.39. The van der Waals surface area contributed by atoms with Crippen LogP contribution in [0.5, 0.6) is 0 Å². The van der Waals surface area contributed by atoms with Crippen LogP contribution in [0, 0.1) is 0 Å². The molecule has 4 aromatic carbocycles. The van der Waals surface area contributed by atoms with Crippen LogP contribution in [-0.2, 0) is 4.43 Å². The van der Waals surface area contributed by atoms with Crippen LogP contribution in [-0.4, -0.2) is 14.9 Å². The number of fused-ring (bicyclic) bond motifs is 2. The fourth-order valence-electron chi connectivity index (χ4n) is 4.06. The molecule has 0 unspecified atom stereocenters. The van der Waals surface area contributed by atoms with Crippen molar-refractivity contribution in [2.75, 3.05) is 6.61 Å². The Hall–Kier alpha value is -2.68. The van der Waals surface area contributed by atoms with Crippen molar-refractivity contribution in [3.63, 3.8) is 0 Å². The maximum atomic E-state index is 6.83. The fourth-order valence-corrected chi connectivity index (χ4v) is 7.62. The fraction of sp³-hybridized carbons (Fsp3) is 0.154. The zero-order valence-corrected chi connectivity index (χ0v) is 17.4. The van der Waals surface area contributed by atoms with Crippen LogP contribution in [0.3, 0.4) is 0 Å². The molecule has 0 saturated carbocycles. The number of benzene rings is 4. The van der Waals surface area contributed by atoms with Gasteiger partial charge in [-0.3, -0.25) is 0 Å². The molecule has 4 rings (SSSR count). The van der Waals surface area contributed by atoms with Crippen LogP contribution in [0.1, 0.15) is 19.8 Å². The maximum Gasteiger partial charge on any atom is 0.281 e. The van der Waals surface area contributed by atoms with Crippen LogP contribution in [0.2, 0.25) is 0 Å². The van der Waals surface area contributed by atoms with Gasteiger partial charge in [-0.1, -0.05) is 104 Å². The first-order valence-electron chi connectivity index (χ1n) is 10.0. The minimum atomic E-state index is -2.62. The van der Waals surface area contributed by atoms with E-state index in [0.717, 1.165) is 19.4 Å². The van der Waals surface area contributed by atoms with Crippen LogP contribution < -0.4 is 10.4 Å². The van der Waals surface area contributed by atoms with Gasteiger partial charge in [-0.2, -0.15) is 0 Å². The maximum absolute atomic E-state index is 6.83. The molecule has 0 fully saturated rings. The quantitative estimate of drug-likeness (QED) is 0.299. The van der Waals surface area contributed by atoms with Gasteiger partial charge >= 0.3 is 0 Å². The Balaban J connectivity index is 2.03. The highest BCUT2D eigenvalue weighted by Crippen LogP contribution is 2.22. The average molecular weight is 383 g/mol. The van der Waals surface area contributed by atoms with E-state index in [1.165, 1.54) is 31.9 Å². The molecule has 2 heteroatoms. The number of unbranched alkanes of at least 4 members (excludes halogenated alkanes) is 1. The topological polar surface area (TPSA) is 9.23 Å². The Morgan fingerprint density at radius 3 is 1.75 bits per heavy atom. The molecule has 140 valence electrons. The Morgan fingerprint density at radius 1 is 0.750 bits per heavy atom. The molecule has 0 N–H and O–H groups in total. The van der Waals surface area contributed by atoms with Gasteiger partial charge in [-0.25, -0.2) is 0 Å². The van der Waals surface area contributed by atoms with Crippen molar-refractivity contribution in [3.05, 3.63) is 97.2 Å². The predicted molar refractivity (Wildman–Crippen MR) is 124 cm³/mol. The van der Waals surface area contributed by atoms with E-state index >= 15 is 0 Å². The van der Waals surface area contributed by atoms with E-state index in [1.54, 1.807) is 0 Å². The summed E-state index contributed by atoms with van der Waals surface area (Å²) in [6, 6.07) is 30.3. The zero-order valence-electron chi connectivity index (χ0n) is 16.4. The Morgan fingerprint density at radius 2 is 1.25 bits per heavy atom. The molecule has 0 radical (unpaired) electrons. The minimum Gasteiger partial charge on any atom is -0.405 e. The molecule has 28 heavy (non-hydrogen) atoms. The lowest BCUT2D eigenvalue weighted by Gasteiger charge is -2.31. The molecular formula is C26H26OSi. The summed E-state index contributed by atoms with van der Waals surface area (Å²) in [5.74, 6) is 0. The summed E-state index contributed by atoms with van der Waals surface area (Å²) in [6.07, 6.45) is 2.17. The van der Waals surface area contributed by atoms with Crippen LogP contribution in [0.25, 0.3) is 21.5 Å². The normalized spacial score (nSPS) is 11.8. The molecule has 0 aromatic heterocycles. The third-order valence-electron chi connectivity index (χ3n) is 5.49. The first kappa shape index (κ1) is 18.7. The van der Waals surface area contributed by atoms with Gasteiger partial charge in [0.1, 0.15) is 0 Å². The van der Waals surface area contributed by atoms with E-state index in [-0.39, 0.29) is 0 Å². The lowest BCUT2D eigenvalue weighted by atomic mass is 10.1. The minimum absolute atomic E-state index is 0.751. The molecule has 0 aliphatic rings. The first-order valence-corrected chi connectivity index (χ1v) is 12.0. The molecule has 0 atom stereocenters. The Bertz CT molecular complexity index is 1030. The van der Waals surface area contributed by atoms with Crippen molar-refractivity contribution in [1.29, 1.82) is 0 Å². The van der Waals surface area contributed by atoms with Crippen molar-refractivity contribution < 1.29 is 4.43 Å². The molecule has 0 aliphatic carbocycles. The van der Waals surface area contributed by atoms with Crippen molar-refractivity contribution in [2.45, 2.75) is 19.8 Å². The second-order valence-electron chi connectivity index (χ2n) is 7.20. The third kappa shape index (κ3) is 3.19. The van der Waals surface area contributed by atoms with E-state index in [4.69, 9.17) is 4.43 Å². The molecule has 0 saturated heterocycles. The molecule has 0 aliphatic heterocycles. The lowest BCUT2D eigenvalue weighted by molar-refractivity contribution is 0.314. The smallest absolute Gasteiger partial charge is 0.281 e. The van der Waals surface area contributed by atoms with Gasteiger partial charge in [0.25, 0.3) is 8.32 Å². The number of rotatable bonds is 7. The highest BCUT2D eigenvalue weighted by atomic mass is 28.4. The summed E-state index contributed by atoms with van der Waals surface area (Å²) < 4.78 is 6.83. The van der Waals surface area contributed by atoms with Crippen LogP contribution >= 0.6 is 0 Å². The van der Waals surface area contributed by atoms with Gasteiger partial charge < -0.3 is 4.43 Å². The van der Waals surface area contributed by atoms with E-state index in [0.29, 0.717) is 0 Å². The van der Waals surface area contributed by atoms with Gasteiger partial charge in [0.05, 0.1) is 0 Å². The second-order valence-corrected chi connectivity index (χ2v) is 10.4. The van der Waals surface area contributed by atoms with E-state index < -0.39 is 8.32 Å². The molecular weight excluding hydrogens is 356 g/mol. The number of hydrogen-bond donors (Lipinski definition) is 0. The number of hydrogen-bond acceptors (Lipinski definition) is 1. The van der Waals surface area contributed by atoms with Gasteiger partial charge in [-0.05, 0) is 38.3 Å². The summed E-state index contributed by atoms with van der Waals surface area (Å²) >= 11 is 0. The predicted octanol–water partition coefficient (Wildman–Crippen LogP) is 5.59. The van der Waals surface area contributed by atoms with Gasteiger partial charge in [-0.15, -0.1) is 6.58 Å². The van der Waals surface area contributed by atoms with Crippen LogP contribution in [0.4, 0.5) is 0 Å². The first-order chi connectivity index (χ1) is 13.8. The summed E-state index contributed by atoms with van der Waals surface area (Å²) in [4.78, 5) is 0. The van der Waals surface area contributed by atoms with E-state index in [2.05, 4.69) is 104 Å². The highest BCUT2D eigenvalue weighted by molar-refractivity contribution is 7.03. The van der Waals surface area contributed by atoms with Crippen molar-refractivity contribution in [1.82, 2.24) is 0 Å². The lowest BCUT2D eigenvalue weighted by Crippen LogP contribution is -2.60. The SMILES string of the molecule is C=C[Si](OCCCC)(c1cccc2ccccc12)c1cccc2ccccc12. The standard InChI is InChI=1S/C26H26OSi/c1-3-5-20-27-28(4-2,25-18-10-14-21-12-6-8-16-23(21)25)26-19-11-15-22-13-7-9-17-24(22)26/h4,6-19H,2-3,5,20H2,1H3. The van der Waals surface area contributed by atoms with Crippen molar-refractivity contribution in [2.24, 2.45) is 0 Å². The largest absolute Gasteiger partial charge is 0.405 e. The molecule has 0 bridgehead atoms. The molecule has 4 aromatic rings. The summed E-state index contributed by atoms with van der Waals surface area (Å²) in [7, 11) is -2.62. The summed E-state index contributed by atoms with van der Waals surface area (Å²) in [5, 5.41) is 7.60. The van der Waals surface area contributed by atoms with E-state index in [9.17, 15) is 0 Å². The van der Waals surface area contributed by atoms with Gasteiger partial charge in [0.15, 0.2) is 0 Å².